The van der Waals surface area contributed by atoms with Gasteiger partial charge in [0.1, 0.15) is 0 Å². The van der Waals surface area contributed by atoms with E-state index in [-0.39, 0.29) is 0 Å². The molecule has 0 saturated heterocycles. The van der Waals surface area contributed by atoms with Gasteiger partial charge in [-0.15, -0.1) is 0 Å². The summed E-state index contributed by atoms with van der Waals surface area (Å²) in [7, 11) is 0. The van der Waals surface area contributed by atoms with Crippen LogP contribution in [0.3, 0.4) is 0 Å². The predicted octanol–water partition coefficient (Wildman–Crippen LogP) is 3.13. The Morgan fingerprint density at radius 2 is 2.18 bits per heavy atom. The van der Waals surface area contributed by atoms with Gasteiger partial charge in [0, 0.05) is 23.7 Å². The average molecular weight is 253 g/mol. The minimum Gasteiger partial charge on any atom is -0.329 e. The third-order valence-electron chi connectivity index (χ3n) is 3.59. The van der Waals surface area contributed by atoms with E-state index in [9.17, 15) is 0 Å². The lowest BCUT2D eigenvalue weighted by Gasteiger charge is -2.30. The quantitative estimate of drug-likeness (QED) is 0.873. The zero-order chi connectivity index (χ0) is 12.4. The van der Waals surface area contributed by atoms with Crippen molar-refractivity contribution in [2.75, 3.05) is 13.1 Å². The normalized spacial score (nSPS) is 17.5. The number of likely N-dealkylation sites (N-methyl/N-ethyl adjacent to an activating group) is 1. The van der Waals surface area contributed by atoms with Crippen LogP contribution in [0.1, 0.15) is 36.9 Å². The lowest BCUT2D eigenvalue weighted by Crippen LogP contribution is -2.35. The van der Waals surface area contributed by atoms with Crippen LogP contribution < -0.4 is 5.73 Å². The summed E-state index contributed by atoms with van der Waals surface area (Å²) in [6, 6.07) is 7.35. The summed E-state index contributed by atoms with van der Waals surface area (Å²) < 4.78 is 0. The fourth-order valence-electron chi connectivity index (χ4n) is 2.42. The van der Waals surface area contributed by atoms with Gasteiger partial charge in [-0.2, -0.15) is 0 Å². The molecule has 1 atom stereocenters. The highest BCUT2D eigenvalue weighted by molar-refractivity contribution is 6.31. The molecule has 1 aromatic rings. The van der Waals surface area contributed by atoms with Crippen molar-refractivity contribution in [2.24, 2.45) is 5.73 Å². The summed E-state index contributed by atoms with van der Waals surface area (Å²) in [6.45, 7) is 5.95. The van der Waals surface area contributed by atoms with Crippen LogP contribution >= 0.6 is 11.6 Å². The first-order chi connectivity index (χ1) is 8.17. The Balaban J connectivity index is 2.23. The monoisotopic (exact) mass is 252 g/mol. The Morgan fingerprint density at radius 1 is 1.47 bits per heavy atom. The minimum absolute atomic E-state index is 0.311. The van der Waals surface area contributed by atoms with Crippen LogP contribution in [0.15, 0.2) is 18.2 Å². The molecule has 0 bridgehead atoms. The number of benzene rings is 1. The van der Waals surface area contributed by atoms with Crippen LogP contribution in [0.5, 0.6) is 0 Å². The van der Waals surface area contributed by atoms with E-state index < -0.39 is 0 Å². The molecule has 1 aliphatic carbocycles. The van der Waals surface area contributed by atoms with E-state index in [2.05, 4.69) is 30.0 Å². The molecule has 2 N–H and O–H groups in total. The first-order valence-electron chi connectivity index (χ1n) is 6.39. The lowest BCUT2D eigenvalue weighted by molar-refractivity contribution is 0.202. The lowest BCUT2D eigenvalue weighted by atomic mass is 10.0. The van der Waals surface area contributed by atoms with E-state index in [1.807, 2.05) is 6.92 Å². The number of nitrogens with zero attached hydrogens (tertiary/aromatic N) is 1. The Morgan fingerprint density at radius 3 is 2.65 bits per heavy atom. The van der Waals surface area contributed by atoms with Gasteiger partial charge in [-0.25, -0.2) is 0 Å². The summed E-state index contributed by atoms with van der Waals surface area (Å²) in [5, 5.41) is 0.841. The molecule has 17 heavy (non-hydrogen) atoms. The molecule has 3 heteroatoms. The molecule has 2 nitrogen and oxygen atoms in total. The van der Waals surface area contributed by atoms with Crippen molar-refractivity contribution in [1.82, 2.24) is 4.90 Å². The highest BCUT2D eigenvalue weighted by Crippen LogP contribution is 2.34. The van der Waals surface area contributed by atoms with Gasteiger partial charge in [-0.3, -0.25) is 4.90 Å². The Hall–Kier alpha value is -0.570. The summed E-state index contributed by atoms with van der Waals surface area (Å²) >= 11 is 6.20. The van der Waals surface area contributed by atoms with E-state index in [0.29, 0.717) is 12.6 Å². The topological polar surface area (TPSA) is 29.3 Å². The number of aryl methyl sites for hydroxylation is 1. The summed E-state index contributed by atoms with van der Waals surface area (Å²) in [4.78, 5) is 2.50. The highest BCUT2D eigenvalue weighted by Gasteiger charge is 2.32. The third kappa shape index (κ3) is 2.82. The molecule has 0 aromatic heterocycles. The van der Waals surface area contributed by atoms with E-state index in [0.717, 1.165) is 23.2 Å². The Kier molecular flexibility index (Phi) is 4.08. The summed E-state index contributed by atoms with van der Waals surface area (Å²) in [5.74, 6) is 0. The second-order valence-electron chi connectivity index (χ2n) is 4.82. The molecule has 1 fully saturated rings. The van der Waals surface area contributed by atoms with Gasteiger partial charge >= 0.3 is 0 Å². The second-order valence-corrected chi connectivity index (χ2v) is 5.23. The maximum Gasteiger partial charge on any atom is 0.0473 e. The van der Waals surface area contributed by atoms with Gasteiger partial charge in [-0.05, 0) is 43.5 Å². The van der Waals surface area contributed by atoms with Crippen molar-refractivity contribution in [3.63, 3.8) is 0 Å². The summed E-state index contributed by atoms with van der Waals surface area (Å²) in [5.41, 5.74) is 8.32. The molecule has 0 amide bonds. The average Bonchev–Trinajstić information content (AvgIpc) is 3.14. The first kappa shape index (κ1) is 12.9. The smallest absolute Gasteiger partial charge is 0.0473 e. The van der Waals surface area contributed by atoms with Crippen LogP contribution in [0.25, 0.3) is 0 Å². The molecule has 2 rings (SSSR count). The molecular formula is C14H21ClN2. The van der Waals surface area contributed by atoms with Crippen molar-refractivity contribution in [3.8, 4) is 0 Å². The standard InChI is InChI=1S/C14H21ClN2/c1-3-17(12-6-7-12)14(9-16)11-5-4-10(2)13(15)8-11/h4-5,8,12,14H,3,6-7,9,16H2,1-2H3. The second kappa shape index (κ2) is 5.38. The zero-order valence-corrected chi connectivity index (χ0v) is 11.4. The molecule has 0 spiro atoms. The number of halogens is 1. The number of nitrogens with two attached hydrogens (primary N) is 1. The van der Waals surface area contributed by atoms with Gasteiger partial charge in [0.15, 0.2) is 0 Å². The van der Waals surface area contributed by atoms with Gasteiger partial charge < -0.3 is 5.73 Å². The fraction of sp³-hybridized carbons (Fsp3) is 0.571. The van der Waals surface area contributed by atoms with Crippen LogP contribution in [-0.2, 0) is 0 Å². The zero-order valence-electron chi connectivity index (χ0n) is 10.6. The molecular weight excluding hydrogens is 232 g/mol. The Labute approximate surface area is 109 Å². The molecule has 1 saturated carbocycles. The molecule has 0 heterocycles. The highest BCUT2D eigenvalue weighted by atomic mass is 35.5. The third-order valence-corrected chi connectivity index (χ3v) is 3.99. The first-order valence-corrected chi connectivity index (χ1v) is 6.77. The minimum atomic E-state index is 0.311. The van der Waals surface area contributed by atoms with E-state index >= 15 is 0 Å². The molecule has 94 valence electrons. The molecule has 1 aliphatic rings. The van der Waals surface area contributed by atoms with E-state index in [1.54, 1.807) is 0 Å². The van der Waals surface area contributed by atoms with Crippen molar-refractivity contribution in [1.29, 1.82) is 0 Å². The van der Waals surface area contributed by atoms with Crippen LogP contribution in [0, 0.1) is 6.92 Å². The van der Waals surface area contributed by atoms with Crippen molar-refractivity contribution in [2.45, 2.75) is 38.8 Å². The maximum atomic E-state index is 6.20. The fourth-order valence-corrected chi connectivity index (χ4v) is 2.61. The predicted molar refractivity (Wildman–Crippen MR) is 73.4 cm³/mol. The largest absolute Gasteiger partial charge is 0.329 e. The summed E-state index contributed by atoms with van der Waals surface area (Å²) in [6.07, 6.45) is 2.62. The molecule has 0 radical (unpaired) electrons. The van der Waals surface area contributed by atoms with Gasteiger partial charge in [0.25, 0.3) is 0 Å². The molecule has 1 unspecified atom stereocenters. The van der Waals surface area contributed by atoms with E-state index in [4.69, 9.17) is 17.3 Å². The SMILES string of the molecule is CCN(C1CC1)C(CN)c1ccc(C)c(Cl)c1. The van der Waals surface area contributed by atoms with Crippen LogP contribution in [0.2, 0.25) is 5.02 Å². The number of rotatable bonds is 5. The van der Waals surface area contributed by atoms with Gasteiger partial charge in [0.05, 0.1) is 0 Å². The van der Waals surface area contributed by atoms with Crippen molar-refractivity contribution < 1.29 is 0 Å². The Bertz CT molecular complexity index is 388. The molecule has 1 aromatic carbocycles. The van der Waals surface area contributed by atoms with E-state index in [1.165, 1.54) is 18.4 Å². The maximum absolute atomic E-state index is 6.20. The number of hydrogen-bond acceptors (Lipinski definition) is 2. The van der Waals surface area contributed by atoms with Crippen LogP contribution in [-0.4, -0.2) is 24.0 Å². The van der Waals surface area contributed by atoms with Gasteiger partial charge in [-0.1, -0.05) is 30.7 Å². The van der Waals surface area contributed by atoms with Crippen molar-refractivity contribution in [3.05, 3.63) is 34.3 Å². The van der Waals surface area contributed by atoms with Gasteiger partial charge in [0.2, 0.25) is 0 Å². The van der Waals surface area contributed by atoms with Crippen LogP contribution in [0.4, 0.5) is 0 Å². The number of hydrogen-bond donors (Lipinski definition) is 1. The van der Waals surface area contributed by atoms with Crippen molar-refractivity contribution >= 4 is 11.6 Å². The molecule has 0 aliphatic heterocycles.